The predicted octanol–water partition coefficient (Wildman–Crippen LogP) is 2.75. The second kappa shape index (κ2) is 6.71. The minimum atomic E-state index is -0.730. The molecule has 6 nitrogen and oxygen atoms in total. The number of piperidine rings is 1. The molecule has 0 N–H and O–H groups in total. The highest BCUT2D eigenvalue weighted by Crippen LogP contribution is 2.36. The van der Waals surface area contributed by atoms with Gasteiger partial charge in [-0.2, -0.15) is 0 Å². The minimum Gasteiger partial charge on any atom is -0.494 e. The van der Waals surface area contributed by atoms with Gasteiger partial charge in [0.25, 0.3) is 5.69 Å². The number of nitrogens with zero attached hydrogens (tertiary/aromatic N) is 2. The summed E-state index contributed by atoms with van der Waals surface area (Å²) in [7, 11) is 1.34. The van der Waals surface area contributed by atoms with Crippen LogP contribution in [0.25, 0.3) is 0 Å². The van der Waals surface area contributed by atoms with Gasteiger partial charge in [0.2, 0.25) is 0 Å². The second-order valence-corrected chi connectivity index (χ2v) is 4.90. The molecule has 21 heavy (non-hydrogen) atoms. The highest BCUT2D eigenvalue weighted by Gasteiger charge is 2.27. The highest BCUT2D eigenvalue weighted by molar-refractivity contribution is 5.66. The normalized spacial score (nSPS) is 18.6. The summed E-state index contributed by atoms with van der Waals surface area (Å²) in [5, 5.41) is 11.2. The molecule has 1 atom stereocenters. The van der Waals surface area contributed by atoms with Gasteiger partial charge in [-0.1, -0.05) is 0 Å². The van der Waals surface area contributed by atoms with Crippen molar-refractivity contribution in [2.75, 3.05) is 31.7 Å². The summed E-state index contributed by atoms with van der Waals surface area (Å²) in [6.45, 7) is 3.76. The number of nitro benzene ring substituents is 1. The lowest BCUT2D eigenvalue weighted by Gasteiger charge is -2.33. The zero-order chi connectivity index (χ0) is 15.4. The third kappa shape index (κ3) is 3.41. The SMILES string of the molecule is CCOC1CCCN(c2cc(OC)c(F)cc2[N+](=O)[O-])C1. The van der Waals surface area contributed by atoms with E-state index in [2.05, 4.69) is 0 Å². The van der Waals surface area contributed by atoms with E-state index >= 15 is 0 Å². The molecule has 1 aliphatic rings. The summed E-state index contributed by atoms with van der Waals surface area (Å²) in [6, 6.07) is 2.31. The Labute approximate surface area is 122 Å². The molecule has 0 bridgehead atoms. The van der Waals surface area contributed by atoms with Crippen LogP contribution < -0.4 is 9.64 Å². The molecule has 1 unspecified atom stereocenters. The number of rotatable bonds is 5. The van der Waals surface area contributed by atoms with Gasteiger partial charge in [-0.05, 0) is 19.8 Å². The zero-order valence-corrected chi connectivity index (χ0v) is 12.2. The molecule has 0 aliphatic carbocycles. The van der Waals surface area contributed by atoms with Crippen molar-refractivity contribution in [2.24, 2.45) is 0 Å². The molecule has 0 saturated carbocycles. The Bertz CT molecular complexity index is 522. The Morgan fingerprint density at radius 1 is 1.52 bits per heavy atom. The van der Waals surface area contributed by atoms with Crippen molar-refractivity contribution in [1.82, 2.24) is 0 Å². The van der Waals surface area contributed by atoms with E-state index in [1.807, 2.05) is 11.8 Å². The van der Waals surface area contributed by atoms with Gasteiger partial charge in [-0.3, -0.25) is 10.1 Å². The number of hydrogen-bond donors (Lipinski definition) is 0. The molecular formula is C14H19FN2O4. The average molecular weight is 298 g/mol. The van der Waals surface area contributed by atoms with Gasteiger partial charge in [0.1, 0.15) is 5.69 Å². The van der Waals surface area contributed by atoms with E-state index in [1.54, 1.807) is 0 Å². The van der Waals surface area contributed by atoms with Gasteiger partial charge in [0, 0.05) is 25.8 Å². The van der Waals surface area contributed by atoms with Crippen LogP contribution in [0, 0.1) is 15.9 Å². The Morgan fingerprint density at radius 2 is 2.29 bits per heavy atom. The summed E-state index contributed by atoms with van der Waals surface area (Å²) in [6.07, 6.45) is 1.84. The fourth-order valence-corrected chi connectivity index (χ4v) is 2.62. The smallest absolute Gasteiger partial charge is 0.295 e. The van der Waals surface area contributed by atoms with Crippen molar-refractivity contribution in [3.63, 3.8) is 0 Å². The minimum absolute atomic E-state index is 0.00846. The Morgan fingerprint density at radius 3 is 2.90 bits per heavy atom. The van der Waals surface area contributed by atoms with Crippen LogP contribution in [0.5, 0.6) is 5.75 Å². The summed E-state index contributed by atoms with van der Waals surface area (Å²) in [4.78, 5) is 12.5. The van der Waals surface area contributed by atoms with Gasteiger partial charge in [-0.25, -0.2) is 4.39 Å². The van der Waals surface area contributed by atoms with Crippen LogP contribution in [-0.2, 0) is 4.74 Å². The first-order valence-corrected chi connectivity index (χ1v) is 6.95. The predicted molar refractivity (Wildman–Crippen MR) is 76.5 cm³/mol. The van der Waals surface area contributed by atoms with Crippen LogP contribution in [0.1, 0.15) is 19.8 Å². The molecule has 116 valence electrons. The van der Waals surface area contributed by atoms with Crippen LogP contribution >= 0.6 is 0 Å². The number of hydrogen-bond acceptors (Lipinski definition) is 5. The van der Waals surface area contributed by atoms with E-state index in [0.29, 0.717) is 25.4 Å². The summed E-state index contributed by atoms with van der Waals surface area (Å²) < 4.78 is 24.2. The molecule has 1 aliphatic heterocycles. The standard InChI is InChI=1S/C14H19FN2O4/c1-3-21-10-5-4-6-16(9-10)12-8-14(20-2)11(15)7-13(12)17(18)19/h7-8,10H,3-6,9H2,1-2H3. The molecule has 0 radical (unpaired) electrons. The van der Waals surface area contributed by atoms with E-state index in [1.165, 1.54) is 13.2 Å². The van der Waals surface area contributed by atoms with E-state index in [4.69, 9.17) is 9.47 Å². The number of halogens is 1. The van der Waals surface area contributed by atoms with Crippen molar-refractivity contribution in [2.45, 2.75) is 25.9 Å². The molecule has 2 rings (SSSR count). The van der Waals surface area contributed by atoms with Crippen molar-refractivity contribution < 1.29 is 18.8 Å². The third-order valence-electron chi connectivity index (χ3n) is 3.57. The zero-order valence-electron chi connectivity index (χ0n) is 12.2. The van der Waals surface area contributed by atoms with Crippen molar-refractivity contribution in [3.8, 4) is 5.75 Å². The molecule has 0 spiro atoms. The lowest BCUT2D eigenvalue weighted by molar-refractivity contribution is -0.384. The number of nitro groups is 1. The molecule has 7 heteroatoms. The van der Waals surface area contributed by atoms with E-state index in [0.717, 1.165) is 18.9 Å². The number of benzene rings is 1. The first-order chi connectivity index (χ1) is 10.1. The van der Waals surface area contributed by atoms with Crippen LogP contribution in [0.2, 0.25) is 0 Å². The average Bonchev–Trinajstić information content (AvgIpc) is 2.47. The number of methoxy groups -OCH3 is 1. The number of anilines is 1. The summed E-state index contributed by atoms with van der Waals surface area (Å²) in [5.74, 6) is -0.722. The fourth-order valence-electron chi connectivity index (χ4n) is 2.62. The number of ether oxygens (including phenoxy) is 2. The maximum Gasteiger partial charge on any atom is 0.295 e. The van der Waals surface area contributed by atoms with Crippen LogP contribution in [0.4, 0.5) is 15.8 Å². The van der Waals surface area contributed by atoms with E-state index in [-0.39, 0.29) is 17.5 Å². The highest BCUT2D eigenvalue weighted by atomic mass is 19.1. The topological polar surface area (TPSA) is 64.8 Å². The third-order valence-corrected chi connectivity index (χ3v) is 3.57. The molecule has 1 aromatic carbocycles. The molecule has 1 heterocycles. The van der Waals surface area contributed by atoms with E-state index in [9.17, 15) is 14.5 Å². The van der Waals surface area contributed by atoms with Gasteiger partial charge < -0.3 is 14.4 Å². The second-order valence-electron chi connectivity index (χ2n) is 4.90. The van der Waals surface area contributed by atoms with Crippen LogP contribution in [0.15, 0.2) is 12.1 Å². The largest absolute Gasteiger partial charge is 0.494 e. The maximum absolute atomic E-state index is 13.7. The van der Waals surface area contributed by atoms with Crippen molar-refractivity contribution >= 4 is 11.4 Å². The van der Waals surface area contributed by atoms with E-state index < -0.39 is 10.7 Å². The molecule has 0 aromatic heterocycles. The maximum atomic E-state index is 13.7. The lowest BCUT2D eigenvalue weighted by atomic mass is 10.1. The molecular weight excluding hydrogens is 279 g/mol. The fraction of sp³-hybridized carbons (Fsp3) is 0.571. The lowest BCUT2D eigenvalue weighted by Crippen LogP contribution is -2.40. The van der Waals surface area contributed by atoms with Crippen molar-refractivity contribution in [1.29, 1.82) is 0 Å². The first kappa shape index (κ1) is 15.5. The van der Waals surface area contributed by atoms with Gasteiger partial charge in [-0.15, -0.1) is 0 Å². The van der Waals surface area contributed by atoms with Crippen LogP contribution in [-0.4, -0.2) is 37.8 Å². The summed E-state index contributed by atoms with van der Waals surface area (Å²) >= 11 is 0. The van der Waals surface area contributed by atoms with Gasteiger partial charge >= 0.3 is 0 Å². The Hall–Kier alpha value is -1.89. The van der Waals surface area contributed by atoms with Crippen molar-refractivity contribution in [3.05, 3.63) is 28.1 Å². The monoisotopic (exact) mass is 298 g/mol. The molecule has 0 amide bonds. The molecule has 1 aromatic rings. The van der Waals surface area contributed by atoms with Gasteiger partial charge in [0.15, 0.2) is 11.6 Å². The quantitative estimate of drug-likeness (QED) is 0.618. The first-order valence-electron chi connectivity index (χ1n) is 6.95. The molecule has 1 saturated heterocycles. The van der Waals surface area contributed by atoms with Gasteiger partial charge in [0.05, 0.1) is 24.2 Å². The summed E-state index contributed by atoms with van der Waals surface area (Å²) in [5.41, 5.74) is 0.133. The molecule has 1 fully saturated rings. The Kier molecular flexibility index (Phi) is 4.95. The van der Waals surface area contributed by atoms with Crippen LogP contribution in [0.3, 0.4) is 0 Å². The Balaban J connectivity index is 2.34.